The lowest BCUT2D eigenvalue weighted by atomic mass is 9.82. The molecule has 4 nitrogen and oxygen atoms in total. The zero-order valence-electron chi connectivity index (χ0n) is 11.9. The van der Waals surface area contributed by atoms with Crippen LogP contribution in [0, 0.1) is 0 Å². The summed E-state index contributed by atoms with van der Waals surface area (Å²) in [6.45, 7) is 0. The molecule has 2 N–H and O–H groups in total. The van der Waals surface area contributed by atoms with Gasteiger partial charge in [-0.2, -0.15) is 0 Å². The van der Waals surface area contributed by atoms with E-state index in [0.29, 0.717) is 23.7 Å². The summed E-state index contributed by atoms with van der Waals surface area (Å²) >= 11 is 0. The van der Waals surface area contributed by atoms with Gasteiger partial charge in [0.25, 0.3) is 0 Å². The highest BCUT2D eigenvalue weighted by Crippen LogP contribution is 2.33. The highest BCUT2D eigenvalue weighted by molar-refractivity contribution is 5.88. The zero-order valence-corrected chi connectivity index (χ0v) is 11.9. The van der Waals surface area contributed by atoms with E-state index in [0.717, 1.165) is 5.69 Å². The minimum atomic E-state index is -0.870. The van der Waals surface area contributed by atoms with Gasteiger partial charge in [-0.3, -0.25) is 0 Å². The van der Waals surface area contributed by atoms with E-state index in [1.807, 2.05) is 12.1 Å². The third-order valence-electron chi connectivity index (χ3n) is 4.84. The van der Waals surface area contributed by atoms with Crippen molar-refractivity contribution in [1.29, 1.82) is 0 Å². The first-order valence-electron chi connectivity index (χ1n) is 7.45. The molecule has 0 radical (unpaired) electrons. The summed E-state index contributed by atoms with van der Waals surface area (Å²) in [5, 5.41) is 12.5. The van der Waals surface area contributed by atoms with E-state index in [4.69, 9.17) is 5.11 Å². The second-order valence-electron chi connectivity index (χ2n) is 6.10. The smallest absolute Gasteiger partial charge is 0.335 e. The van der Waals surface area contributed by atoms with Crippen LogP contribution >= 0.6 is 0 Å². The van der Waals surface area contributed by atoms with Crippen molar-refractivity contribution in [2.45, 2.75) is 50.2 Å². The van der Waals surface area contributed by atoms with Crippen molar-refractivity contribution in [3.8, 4) is 0 Å². The van der Waals surface area contributed by atoms with Crippen LogP contribution in [0.1, 0.15) is 42.5 Å². The number of rotatable bonds is 3. The molecular weight excluding hydrogens is 252 g/mol. The van der Waals surface area contributed by atoms with E-state index in [1.54, 1.807) is 12.1 Å². The van der Waals surface area contributed by atoms with Crippen molar-refractivity contribution >= 4 is 11.7 Å². The first-order chi connectivity index (χ1) is 9.63. The third-order valence-corrected chi connectivity index (χ3v) is 4.84. The summed E-state index contributed by atoms with van der Waals surface area (Å²) in [6, 6.07) is 9.00. The maximum Gasteiger partial charge on any atom is 0.335 e. The first-order valence-corrected chi connectivity index (χ1v) is 7.45. The monoisotopic (exact) mass is 274 g/mol. The highest BCUT2D eigenvalue weighted by atomic mass is 16.4. The number of hydrogen-bond acceptors (Lipinski definition) is 3. The van der Waals surface area contributed by atoms with Crippen molar-refractivity contribution in [2.75, 3.05) is 12.4 Å². The second-order valence-corrected chi connectivity index (χ2v) is 6.10. The molecule has 0 spiro atoms. The molecule has 0 aromatic heterocycles. The summed E-state index contributed by atoms with van der Waals surface area (Å²) in [5.74, 6) is -0.870. The number of nitrogens with zero attached hydrogens (tertiary/aromatic N) is 1. The number of carboxylic acids is 1. The van der Waals surface area contributed by atoms with Gasteiger partial charge < -0.3 is 15.3 Å². The quantitative estimate of drug-likeness (QED) is 0.890. The standard InChI is InChI=1S/C16H22N2O2/c1-18-14-3-2-4-15(18)10-13(9-14)17-12-7-5-11(6-8-12)16(19)20/h5-8,13-15,17H,2-4,9-10H2,1H3,(H,19,20). The maximum absolute atomic E-state index is 10.8. The third kappa shape index (κ3) is 2.66. The minimum absolute atomic E-state index is 0.343. The Labute approximate surface area is 119 Å². The van der Waals surface area contributed by atoms with Gasteiger partial charge in [0.1, 0.15) is 0 Å². The van der Waals surface area contributed by atoms with Crippen molar-refractivity contribution in [3.63, 3.8) is 0 Å². The molecule has 1 aromatic carbocycles. The van der Waals surface area contributed by atoms with Gasteiger partial charge in [-0.15, -0.1) is 0 Å². The Hall–Kier alpha value is -1.55. The van der Waals surface area contributed by atoms with E-state index in [1.165, 1.54) is 32.1 Å². The van der Waals surface area contributed by atoms with Crippen LogP contribution < -0.4 is 5.32 Å². The Kier molecular flexibility index (Phi) is 3.66. The van der Waals surface area contributed by atoms with Crippen LogP contribution in [0.3, 0.4) is 0 Å². The maximum atomic E-state index is 10.8. The van der Waals surface area contributed by atoms with Gasteiger partial charge in [0.2, 0.25) is 0 Å². The topological polar surface area (TPSA) is 52.6 Å². The van der Waals surface area contributed by atoms with Crippen LogP contribution in [0.2, 0.25) is 0 Å². The first kappa shape index (κ1) is 13.4. The predicted octanol–water partition coefficient (Wildman–Crippen LogP) is 2.81. The van der Waals surface area contributed by atoms with Crippen LogP contribution in [0.5, 0.6) is 0 Å². The Balaban J connectivity index is 1.65. The van der Waals surface area contributed by atoms with E-state index >= 15 is 0 Å². The van der Waals surface area contributed by atoms with Gasteiger partial charge >= 0.3 is 5.97 Å². The Bertz CT molecular complexity index is 472. The molecule has 2 saturated heterocycles. The number of piperidine rings is 2. The largest absolute Gasteiger partial charge is 0.478 e. The molecule has 1 aromatic rings. The fraction of sp³-hybridized carbons (Fsp3) is 0.562. The molecule has 4 heteroatoms. The van der Waals surface area contributed by atoms with E-state index in [9.17, 15) is 4.79 Å². The summed E-state index contributed by atoms with van der Waals surface area (Å²) in [6.07, 6.45) is 6.35. The molecule has 0 aliphatic carbocycles. The Morgan fingerprint density at radius 2 is 1.80 bits per heavy atom. The summed E-state index contributed by atoms with van der Waals surface area (Å²) in [4.78, 5) is 13.4. The van der Waals surface area contributed by atoms with Gasteiger partial charge in [0.05, 0.1) is 5.56 Å². The van der Waals surface area contributed by atoms with Gasteiger partial charge in [-0.1, -0.05) is 6.42 Å². The number of carboxylic acid groups (broad SMARTS) is 1. The minimum Gasteiger partial charge on any atom is -0.478 e. The molecule has 108 valence electrons. The van der Waals surface area contributed by atoms with E-state index in [2.05, 4.69) is 17.3 Å². The summed E-state index contributed by atoms with van der Waals surface area (Å²) in [5.41, 5.74) is 1.37. The summed E-state index contributed by atoms with van der Waals surface area (Å²) < 4.78 is 0. The molecule has 2 fully saturated rings. The average molecular weight is 274 g/mol. The summed E-state index contributed by atoms with van der Waals surface area (Å²) in [7, 11) is 2.26. The number of fused-ring (bicyclic) bond motifs is 2. The number of hydrogen-bond donors (Lipinski definition) is 2. The number of aromatic carboxylic acids is 1. The Morgan fingerprint density at radius 3 is 2.35 bits per heavy atom. The van der Waals surface area contributed by atoms with Crippen LogP contribution in [0.4, 0.5) is 5.69 Å². The lowest BCUT2D eigenvalue weighted by molar-refractivity contribution is 0.0608. The van der Waals surface area contributed by atoms with Gasteiger partial charge in [-0.25, -0.2) is 4.79 Å². The fourth-order valence-corrected chi connectivity index (χ4v) is 3.68. The van der Waals surface area contributed by atoms with E-state index in [-0.39, 0.29) is 0 Å². The molecule has 2 aliphatic heterocycles. The fourth-order valence-electron chi connectivity index (χ4n) is 3.68. The van der Waals surface area contributed by atoms with Crippen molar-refractivity contribution in [1.82, 2.24) is 4.90 Å². The molecular formula is C16H22N2O2. The Morgan fingerprint density at radius 1 is 1.20 bits per heavy atom. The molecule has 2 heterocycles. The van der Waals surface area contributed by atoms with Crippen molar-refractivity contribution < 1.29 is 9.90 Å². The second kappa shape index (κ2) is 5.44. The molecule has 2 aliphatic rings. The lowest BCUT2D eigenvalue weighted by Crippen LogP contribution is -2.52. The van der Waals surface area contributed by atoms with Crippen LogP contribution in [-0.2, 0) is 0 Å². The van der Waals surface area contributed by atoms with Crippen LogP contribution in [0.25, 0.3) is 0 Å². The van der Waals surface area contributed by atoms with Gasteiger partial charge in [-0.05, 0) is 57.0 Å². The molecule has 0 saturated carbocycles. The van der Waals surface area contributed by atoms with E-state index < -0.39 is 5.97 Å². The lowest BCUT2D eigenvalue weighted by Gasteiger charge is -2.47. The van der Waals surface area contributed by atoms with Crippen LogP contribution in [-0.4, -0.2) is 41.1 Å². The number of nitrogens with one attached hydrogen (secondary N) is 1. The van der Waals surface area contributed by atoms with Gasteiger partial charge in [0, 0.05) is 23.8 Å². The SMILES string of the molecule is CN1C2CCCC1CC(Nc1ccc(C(=O)O)cc1)C2. The zero-order chi connectivity index (χ0) is 14.1. The predicted molar refractivity (Wildman–Crippen MR) is 79.2 cm³/mol. The highest BCUT2D eigenvalue weighted by Gasteiger charge is 2.35. The van der Waals surface area contributed by atoms with Crippen molar-refractivity contribution in [3.05, 3.63) is 29.8 Å². The van der Waals surface area contributed by atoms with Gasteiger partial charge in [0.15, 0.2) is 0 Å². The van der Waals surface area contributed by atoms with Crippen molar-refractivity contribution in [2.24, 2.45) is 0 Å². The molecule has 0 amide bonds. The molecule has 2 unspecified atom stereocenters. The number of anilines is 1. The average Bonchev–Trinajstić information content (AvgIpc) is 2.40. The number of carbonyl (C=O) groups is 1. The number of benzene rings is 1. The van der Waals surface area contributed by atoms with Crippen LogP contribution in [0.15, 0.2) is 24.3 Å². The molecule has 20 heavy (non-hydrogen) atoms. The molecule has 3 rings (SSSR count). The normalized spacial score (nSPS) is 29.9. The molecule has 2 bridgehead atoms. The molecule has 2 atom stereocenters.